The molecule has 0 saturated carbocycles. The fourth-order valence-electron chi connectivity index (χ4n) is 2.24. The summed E-state index contributed by atoms with van der Waals surface area (Å²) in [6.07, 6.45) is 0.639. The van der Waals surface area contributed by atoms with E-state index in [9.17, 15) is 8.42 Å². The molecule has 108 valence electrons. The lowest BCUT2D eigenvalue weighted by Crippen LogP contribution is -2.36. The zero-order valence-corrected chi connectivity index (χ0v) is 12.6. The van der Waals surface area contributed by atoms with Gasteiger partial charge in [-0.15, -0.1) is 0 Å². The molecule has 20 heavy (non-hydrogen) atoms. The number of benzene rings is 2. The molecule has 1 unspecified atom stereocenters. The highest BCUT2D eigenvalue weighted by molar-refractivity contribution is 7.89. The van der Waals surface area contributed by atoms with Crippen LogP contribution in [-0.2, 0) is 10.0 Å². The van der Waals surface area contributed by atoms with Gasteiger partial charge >= 0.3 is 0 Å². The summed E-state index contributed by atoms with van der Waals surface area (Å²) in [5.74, 6) is 0. The van der Waals surface area contributed by atoms with E-state index in [4.69, 9.17) is 5.73 Å². The van der Waals surface area contributed by atoms with Gasteiger partial charge in [-0.2, -0.15) is 4.31 Å². The summed E-state index contributed by atoms with van der Waals surface area (Å²) in [5, 5.41) is 1.68. The van der Waals surface area contributed by atoms with Crippen LogP contribution >= 0.6 is 0 Å². The quantitative estimate of drug-likeness (QED) is 0.919. The SMILES string of the molecule is CC(CCN)N(C)S(=O)(=O)c1cccc2ccccc12. The van der Waals surface area contributed by atoms with Gasteiger partial charge in [0.05, 0.1) is 4.90 Å². The van der Waals surface area contributed by atoms with Crippen molar-refractivity contribution in [1.82, 2.24) is 4.31 Å². The molecular weight excluding hydrogens is 272 g/mol. The molecule has 0 radical (unpaired) electrons. The molecule has 2 aromatic rings. The molecule has 0 aromatic heterocycles. The van der Waals surface area contributed by atoms with E-state index in [2.05, 4.69) is 0 Å². The first-order chi connectivity index (χ1) is 9.48. The van der Waals surface area contributed by atoms with Crippen molar-refractivity contribution in [3.05, 3.63) is 42.5 Å². The van der Waals surface area contributed by atoms with Gasteiger partial charge in [0.1, 0.15) is 0 Å². The highest BCUT2D eigenvalue weighted by atomic mass is 32.2. The van der Waals surface area contributed by atoms with E-state index in [1.165, 1.54) is 4.31 Å². The van der Waals surface area contributed by atoms with Crippen LogP contribution in [0.25, 0.3) is 10.8 Å². The Labute approximate surface area is 120 Å². The van der Waals surface area contributed by atoms with Gasteiger partial charge in [-0.1, -0.05) is 36.4 Å². The zero-order valence-electron chi connectivity index (χ0n) is 11.8. The summed E-state index contributed by atoms with van der Waals surface area (Å²) < 4.78 is 26.9. The highest BCUT2D eigenvalue weighted by Crippen LogP contribution is 2.26. The second-order valence-corrected chi connectivity index (χ2v) is 6.89. The third kappa shape index (κ3) is 2.70. The normalized spacial score (nSPS) is 13.8. The van der Waals surface area contributed by atoms with Gasteiger partial charge in [-0.3, -0.25) is 0 Å². The highest BCUT2D eigenvalue weighted by Gasteiger charge is 2.26. The molecule has 4 nitrogen and oxygen atoms in total. The van der Waals surface area contributed by atoms with Gasteiger partial charge in [-0.25, -0.2) is 8.42 Å². The molecule has 0 aliphatic carbocycles. The van der Waals surface area contributed by atoms with Crippen molar-refractivity contribution < 1.29 is 8.42 Å². The maximum absolute atomic E-state index is 12.7. The first-order valence-electron chi connectivity index (χ1n) is 6.64. The van der Waals surface area contributed by atoms with E-state index >= 15 is 0 Å². The van der Waals surface area contributed by atoms with Crippen molar-refractivity contribution >= 4 is 20.8 Å². The summed E-state index contributed by atoms with van der Waals surface area (Å²) in [7, 11) is -1.90. The maximum Gasteiger partial charge on any atom is 0.243 e. The number of hydrogen-bond acceptors (Lipinski definition) is 3. The van der Waals surface area contributed by atoms with E-state index < -0.39 is 10.0 Å². The molecule has 0 spiro atoms. The fourth-order valence-corrected chi connectivity index (χ4v) is 3.84. The van der Waals surface area contributed by atoms with Crippen LogP contribution in [0.4, 0.5) is 0 Å². The first kappa shape index (κ1) is 15.0. The Balaban J connectivity index is 2.52. The monoisotopic (exact) mass is 292 g/mol. The summed E-state index contributed by atoms with van der Waals surface area (Å²) >= 11 is 0. The van der Waals surface area contributed by atoms with Crippen molar-refractivity contribution in [2.45, 2.75) is 24.3 Å². The molecule has 2 N–H and O–H groups in total. The Morgan fingerprint density at radius 2 is 1.80 bits per heavy atom. The number of sulfonamides is 1. The lowest BCUT2D eigenvalue weighted by Gasteiger charge is -2.24. The van der Waals surface area contributed by atoms with Crippen molar-refractivity contribution in [3.63, 3.8) is 0 Å². The minimum absolute atomic E-state index is 0.121. The molecule has 0 heterocycles. The predicted molar refractivity (Wildman–Crippen MR) is 82.0 cm³/mol. The predicted octanol–water partition coefficient (Wildman–Crippen LogP) is 2.20. The maximum atomic E-state index is 12.7. The van der Waals surface area contributed by atoms with E-state index in [0.29, 0.717) is 17.9 Å². The molecule has 1 atom stereocenters. The summed E-state index contributed by atoms with van der Waals surface area (Å²) in [6.45, 7) is 2.34. The van der Waals surface area contributed by atoms with Crippen LogP contribution in [0.2, 0.25) is 0 Å². The molecule has 0 bridgehead atoms. The van der Waals surface area contributed by atoms with Crippen molar-refractivity contribution in [3.8, 4) is 0 Å². The molecular formula is C15H20N2O2S. The number of nitrogens with zero attached hydrogens (tertiary/aromatic N) is 1. The third-order valence-corrected chi connectivity index (χ3v) is 5.64. The molecule has 0 aliphatic rings. The zero-order chi connectivity index (χ0) is 14.8. The summed E-state index contributed by atoms with van der Waals surface area (Å²) in [6, 6.07) is 12.7. The average molecular weight is 292 g/mol. The lowest BCUT2D eigenvalue weighted by atomic mass is 10.1. The molecule has 0 saturated heterocycles. The van der Waals surface area contributed by atoms with Crippen LogP contribution in [0.5, 0.6) is 0 Å². The van der Waals surface area contributed by atoms with Crippen LogP contribution in [0.15, 0.2) is 47.4 Å². The Morgan fingerprint density at radius 1 is 1.15 bits per heavy atom. The molecule has 2 rings (SSSR count). The Hall–Kier alpha value is -1.43. The molecule has 0 amide bonds. The Kier molecular flexibility index (Phi) is 4.42. The lowest BCUT2D eigenvalue weighted by molar-refractivity contribution is 0.375. The van der Waals surface area contributed by atoms with Crippen LogP contribution in [0.3, 0.4) is 0 Å². The first-order valence-corrected chi connectivity index (χ1v) is 8.08. The second kappa shape index (κ2) is 5.91. The number of hydrogen-bond donors (Lipinski definition) is 1. The van der Waals surface area contributed by atoms with Gasteiger partial charge in [0.25, 0.3) is 0 Å². The van der Waals surface area contributed by atoms with Crippen molar-refractivity contribution in [2.75, 3.05) is 13.6 Å². The minimum atomic E-state index is -3.51. The van der Waals surface area contributed by atoms with Crippen molar-refractivity contribution in [2.24, 2.45) is 5.73 Å². The van der Waals surface area contributed by atoms with Crippen LogP contribution < -0.4 is 5.73 Å². The van der Waals surface area contributed by atoms with E-state index in [0.717, 1.165) is 10.8 Å². The molecule has 0 aliphatic heterocycles. The number of nitrogens with two attached hydrogens (primary N) is 1. The minimum Gasteiger partial charge on any atom is -0.330 e. The Bertz CT molecular complexity index is 693. The van der Waals surface area contributed by atoms with Crippen LogP contribution in [0.1, 0.15) is 13.3 Å². The van der Waals surface area contributed by atoms with Gasteiger partial charge < -0.3 is 5.73 Å². The summed E-state index contributed by atoms with van der Waals surface area (Å²) in [5.41, 5.74) is 5.52. The average Bonchev–Trinajstić information content (AvgIpc) is 2.46. The van der Waals surface area contributed by atoms with Crippen molar-refractivity contribution in [1.29, 1.82) is 0 Å². The van der Waals surface area contributed by atoms with Crippen LogP contribution in [0, 0.1) is 0 Å². The van der Waals surface area contributed by atoms with E-state index in [-0.39, 0.29) is 6.04 Å². The molecule has 5 heteroatoms. The van der Waals surface area contributed by atoms with E-state index in [1.54, 1.807) is 19.2 Å². The topological polar surface area (TPSA) is 63.4 Å². The van der Waals surface area contributed by atoms with Gasteiger partial charge in [0.2, 0.25) is 10.0 Å². The van der Waals surface area contributed by atoms with Gasteiger partial charge in [0, 0.05) is 18.5 Å². The summed E-state index contributed by atoms with van der Waals surface area (Å²) in [4.78, 5) is 0.349. The second-order valence-electron chi connectivity index (χ2n) is 4.92. The van der Waals surface area contributed by atoms with Crippen LogP contribution in [-0.4, -0.2) is 32.4 Å². The Morgan fingerprint density at radius 3 is 2.50 bits per heavy atom. The largest absolute Gasteiger partial charge is 0.330 e. The van der Waals surface area contributed by atoms with E-state index in [1.807, 2.05) is 37.3 Å². The van der Waals surface area contributed by atoms with Gasteiger partial charge in [0.15, 0.2) is 0 Å². The third-order valence-electron chi connectivity index (χ3n) is 3.61. The number of rotatable bonds is 5. The smallest absolute Gasteiger partial charge is 0.243 e. The number of fused-ring (bicyclic) bond motifs is 1. The van der Waals surface area contributed by atoms with Gasteiger partial charge in [-0.05, 0) is 31.3 Å². The molecule has 2 aromatic carbocycles. The fraction of sp³-hybridized carbons (Fsp3) is 0.333. The molecule has 0 fully saturated rings. The standard InChI is InChI=1S/C15H20N2O2S/c1-12(10-11-16)17(2)20(18,19)15-9-5-7-13-6-3-4-8-14(13)15/h3-9,12H,10-11,16H2,1-2H3.